The maximum Gasteiger partial charge on any atom is 0.130 e. The molecule has 0 spiro atoms. The molecule has 0 N–H and O–H groups in total. The minimum absolute atomic E-state index is 0.479. The summed E-state index contributed by atoms with van der Waals surface area (Å²) in [4.78, 5) is 0. The molecule has 0 atom stereocenters. The zero-order chi connectivity index (χ0) is 16.1. The molecule has 0 aliphatic heterocycles. The molecule has 22 heavy (non-hydrogen) atoms. The second-order valence-corrected chi connectivity index (χ2v) is 4.97. The third-order valence-corrected chi connectivity index (χ3v) is 3.53. The van der Waals surface area contributed by atoms with Crippen LogP contribution in [0.25, 0.3) is 11.1 Å². The molecule has 2 aromatic rings. The predicted octanol–water partition coefficient (Wildman–Crippen LogP) is 3.83. The van der Waals surface area contributed by atoms with Crippen molar-refractivity contribution in [3.63, 3.8) is 0 Å². The van der Waals surface area contributed by atoms with Gasteiger partial charge in [-0.05, 0) is 36.2 Å². The van der Waals surface area contributed by atoms with Crippen molar-refractivity contribution < 1.29 is 18.9 Å². The predicted molar refractivity (Wildman–Crippen MR) is 87.0 cm³/mol. The van der Waals surface area contributed by atoms with E-state index in [-0.39, 0.29) is 0 Å². The lowest BCUT2D eigenvalue weighted by Crippen LogP contribution is -2.00. The Morgan fingerprint density at radius 1 is 0.773 bits per heavy atom. The van der Waals surface area contributed by atoms with E-state index in [9.17, 15) is 0 Å². The van der Waals surface area contributed by atoms with Gasteiger partial charge in [0.25, 0.3) is 0 Å². The van der Waals surface area contributed by atoms with E-state index in [4.69, 9.17) is 18.9 Å². The van der Waals surface area contributed by atoms with Gasteiger partial charge in [0.15, 0.2) is 0 Å². The van der Waals surface area contributed by atoms with Crippen LogP contribution >= 0.6 is 0 Å². The first-order chi connectivity index (χ1) is 10.7. The van der Waals surface area contributed by atoms with E-state index in [1.165, 1.54) is 0 Å². The quantitative estimate of drug-likeness (QED) is 0.812. The summed E-state index contributed by atoms with van der Waals surface area (Å²) in [5, 5.41) is 0. The molecule has 0 saturated carbocycles. The van der Waals surface area contributed by atoms with Gasteiger partial charge in [-0.2, -0.15) is 0 Å². The van der Waals surface area contributed by atoms with Crippen molar-refractivity contribution in [3.05, 3.63) is 41.5 Å². The smallest absolute Gasteiger partial charge is 0.130 e. The molecule has 0 aliphatic rings. The Morgan fingerprint density at radius 2 is 1.36 bits per heavy atom. The number of ether oxygens (including phenoxy) is 4. The van der Waals surface area contributed by atoms with Gasteiger partial charge in [-0.1, -0.05) is 12.1 Å². The van der Waals surface area contributed by atoms with Crippen molar-refractivity contribution in [2.75, 3.05) is 28.4 Å². The fourth-order valence-corrected chi connectivity index (χ4v) is 2.60. The number of hydrogen-bond acceptors (Lipinski definition) is 4. The Labute approximate surface area is 131 Å². The van der Waals surface area contributed by atoms with Crippen LogP contribution in [0, 0.1) is 6.92 Å². The summed E-state index contributed by atoms with van der Waals surface area (Å²) in [5.41, 5.74) is 3.89. The van der Waals surface area contributed by atoms with Crippen molar-refractivity contribution >= 4 is 0 Å². The first-order valence-electron chi connectivity index (χ1n) is 7.04. The number of hydrogen-bond donors (Lipinski definition) is 0. The third kappa shape index (κ3) is 3.02. The lowest BCUT2D eigenvalue weighted by molar-refractivity contribution is 0.185. The maximum atomic E-state index is 5.58. The Bertz CT molecular complexity index is 625. The number of aryl methyl sites for hydroxylation is 1. The van der Waals surface area contributed by atoms with Crippen LogP contribution in [0.4, 0.5) is 0 Å². The van der Waals surface area contributed by atoms with E-state index in [1.807, 2.05) is 37.3 Å². The first kappa shape index (κ1) is 16.2. The van der Waals surface area contributed by atoms with Crippen molar-refractivity contribution in [3.8, 4) is 28.4 Å². The molecular weight excluding hydrogens is 280 g/mol. The first-order valence-corrected chi connectivity index (χ1v) is 7.04. The van der Waals surface area contributed by atoms with Crippen molar-refractivity contribution in [2.24, 2.45) is 0 Å². The summed E-state index contributed by atoms with van der Waals surface area (Å²) in [5.74, 6) is 2.26. The van der Waals surface area contributed by atoms with Crippen LogP contribution in [0.15, 0.2) is 30.3 Å². The zero-order valence-corrected chi connectivity index (χ0v) is 13.7. The highest BCUT2D eigenvalue weighted by molar-refractivity contribution is 5.84. The summed E-state index contributed by atoms with van der Waals surface area (Å²) in [6.45, 7) is 2.49. The highest BCUT2D eigenvalue weighted by atomic mass is 16.5. The second kappa shape index (κ2) is 7.18. The third-order valence-electron chi connectivity index (χ3n) is 3.53. The average molecular weight is 302 g/mol. The van der Waals surface area contributed by atoms with Crippen molar-refractivity contribution in [1.29, 1.82) is 0 Å². The van der Waals surface area contributed by atoms with Gasteiger partial charge in [-0.15, -0.1) is 0 Å². The van der Waals surface area contributed by atoms with Crippen LogP contribution in [0.2, 0.25) is 0 Å². The fourth-order valence-electron chi connectivity index (χ4n) is 2.60. The van der Waals surface area contributed by atoms with Crippen LogP contribution in [0.1, 0.15) is 11.1 Å². The van der Waals surface area contributed by atoms with Gasteiger partial charge in [0.2, 0.25) is 0 Å². The van der Waals surface area contributed by atoms with Crippen LogP contribution in [-0.4, -0.2) is 28.4 Å². The lowest BCUT2D eigenvalue weighted by Gasteiger charge is -2.19. The van der Waals surface area contributed by atoms with Gasteiger partial charge in [0.05, 0.1) is 33.5 Å². The van der Waals surface area contributed by atoms with E-state index in [0.29, 0.717) is 6.61 Å². The Balaban J connectivity index is 2.80. The standard InChI is InChI=1S/C18H22O4/c1-12-9-15(21-4)18(16(10-12)22-5)17-13(11-19-2)7-6-8-14(17)20-3/h6-10H,11H2,1-5H3. The summed E-state index contributed by atoms with van der Waals surface area (Å²) < 4.78 is 22.0. The number of benzene rings is 2. The van der Waals surface area contributed by atoms with Crippen LogP contribution in [-0.2, 0) is 11.3 Å². The highest BCUT2D eigenvalue weighted by Crippen LogP contribution is 2.45. The minimum Gasteiger partial charge on any atom is -0.496 e. The van der Waals surface area contributed by atoms with Crippen LogP contribution in [0.3, 0.4) is 0 Å². The molecule has 2 aromatic carbocycles. The maximum absolute atomic E-state index is 5.58. The normalized spacial score (nSPS) is 10.4. The fraction of sp³-hybridized carbons (Fsp3) is 0.333. The van der Waals surface area contributed by atoms with Crippen molar-refractivity contribution in [2.45, 2.75) is 13.5 Å². The number of rotatable bonds is 6. The zero-order valence-electron chi connectivity index (χ0n) is 13.7. The van der Waals surface area contributed by atoms with Gasteiger partial charge in [0.1, 0.15) is 17.2 Å². The molecule has 0 aliphatic carbocycles. The molecule has 2 rings (SSSR count). The Morgan fingerprint density at radius 3 is 1.86 bits per heavy atom. The Hall–Kier alpha value is -2.20. The molecule has 0 saturated heterocycles. The number of methoxy groups -OCH3 is 4. The lowest BCUT2D eigenvalue weighted by atomic mass is 9.96. The Kier molecular flexibility index (Phi) is 5.28. The van der Waals surface area contributed by atoms with E-state index < -0.39 is 0 Å². The second-order valence-electron chi connectivity index (χ2n) is 4.97. The van der Waals surface area contributed by atoms with Gasteiger partial charge >= 0.3 is 0 Å². The van der Waals surface area contributed by atoms with Gasteiger partial charge in [-0.25, -0.2) is 0 Å². The monoisotopic (exact) mass is 302 g/mol. The summed E-state index contributed by atoms with van der Waals surface area (Å²) in [6.07, 6.45) is 0. The summed E-state index contributed by atoms with van der Waals surface area (Å²) in [7, 11) is 6.64. The van der Waals surface area contributed by atoms with Crippen molar-refractivity contribution in [1.82, 2.24) is 0 Å². The van der Waals surface area contributed by atoms with Gasteiger partial charge in [-0.3, -0.25) is 0 Å². The molecule has 0 radical (unpaired) electrons. The van der Waals surface area contributed by atoms with Gasteiger partial charge < -0.3 is 18.9 Å². The van der Waals surface area contributed by atoms with Crippen LogP contribution < -0.4 is 14.2 Å². The molecule has 0 fully saturated rings. The highest BCUT2D eigenvalue weighted by Gasteiger charge is 2.20. The summed E-state index contributed by atoms with van der Waals surface area (Å²) in [6, 6.07) is 9.86. The molecule has 0 heterocycles. The van der Waals surface area contributed by atoms with Gasteiger partial charge in [0, 0.05) is 12.7 Å². The molecular formula is C18H22O4. The SMILES string of the molecule is COCc1cccc(OC)c1-c1c(OC)cc(C)cc1OC. The molecule has 4 heteroatoms. The minimum atomic E-state index is 0.479. The molecule has 0 amide bonds. The van der Waals surface area contributed by atoms with E-state index in [2.05, 4.69) is 0 Å². The largest absolute Gasteiger partial charge is 0.496 e. The topological polar surface area (TPSA) is 36.9 Å². The molecule has 0 unspecified atom stereocenters. The molecule has 0 aromatic heterocycles. The van der Waals surface area contributed by atoms with Crippen LogP contribution in [0.5, 0.6) is 17.2 Å². The average Bonchev–Trinajstić information content (AvgIpc) is 2.54. The van der Waals surface area contributed by atoms with E-state index in [0.717, 1.165) is 39.5 Å². The molecule has 0 bridgehead atoms. The summed E-state index contributed by atoms with van der Waals surface area (Å²) >= 11 is 0. The molecule has 118 valence electrons. The van der Waals surface area contributed by atoms with E-state index in [1.54, 1.807) is 28.4 Å². The molecule has 4 nitrogen and oxygen atoms in total. The van der Waals surface area contributed by atoms with E-state index >= 15 is 0 Å².